The van der Waals surface area contributed by atoms with E-state index in [-0.39, 0.29) is 5.60 Å². The Morgan fingerprint density at radius 2 is 2.25 bits per heavy atom. The summed E-state index contributed by atoms with van der Waals surface area (Å²) in [4.78, 5) is 0. The number of hydrogen-bond acceptors (Lipinski definition) is 3. The smallest absolute Gasteiger partial charge is 0.0703 e. The molecule has 1 aromatic heterocycles. The highest BCUT2D eigenvalue weighted by molar-refractivity contribution is 5.15. The predicted octanol–water partition coefficient (Wildman–Crippen LogP) is 2.97. The Labute approximate surface area is 121 Å². The molecule has 20 heavy (non-hydrogen) atoms. The number of nitrogens with zero attached hydrogens (tertiary/aromatic N) is 2. The molecule has 1 aromatic rings. The minimum atomic E-state index is 0.171. The highest BCUT2D eigenvalue weighted by atomic mass is 16.5. The lowest BCUT2D eigenvalue weighted by atomic mass is 9.89. The van der Waals surface area contributed by atoms with Crippen LogP contribution in [-0.4, -0.2) is 28.5 Å². The van der Waals surface area contributed by atoms with Crippen LogP contribution in [-0.2, 0) is 11.3 Å². The molecule has 1 aliphatic carbocycles. The molecule has 2 aliphatic rings. The van der Waals surface area contributed by atoms with Gasteiger partial charge in [0.05, 0.1) is 17.3 Å². The number of nitrogens with one attached hydrogen (secondary N) is 1. The van der Waals surface area contributed by atoms with E-state index in [1.165, 1.54) is 31.2 Å². The summed E-state index contributed by atoms with van der Waals surface area (Å²) in [5, 5.41) is 8.16. The largest absolute Gasteiger partial charge is 0.375 e. The monoisotopic (exact) mass is 277 g/mol. The minimum absolute atomic E-state index is 0.171. The van der Waals surface area contributed by atoms with Crippen molar-refractivity contribution in [2.24, 2.45) is 0 Å². The zero-order valence-electron chi connectivity index (χ0n) is 12.8. The first-order chi connectivity index (χ1) is 9.72. The fourth-order valence-corrected chi connectivity index (χ4v) is 3.74. The summed E-state index contributed by atoms with van der Waals surface area (Å²) in [7, 11) is 0. The van der Waals surface area contributed by atoms with Crippen LogP contribution in [0.2, 0.25) is 0 Å². The Morgan fingerprint density at radius 1 is 1.45 bits per heavy atom. The van der Waals surface area contributed by atoms with Gasteiger partial charge in [-0.1, -0.05) is 19.8 Å². The summed E-state index contributed by atoms with van der Waals surface area (Å²) in [6.45, 7) is 7.09. The predicted molar refractivity (Wildman–Crippen MR) is 79.8 cm³/mol. The Morgan fingerprint density at radius 3 is 3.00 bits per heavy atom. The zero-order chi connectivity index (χ0) is 14.0. The third-order valence-corrected chi connectivity index (χ3v) is 4.94. The quantitative estimate of drug-likeness (QED) is 0.919. The van der Waals surface area contributed by atoms with Crippen molar-refractivity contribution in [1.82, 2.24) is 15.1 Å². The van der Waals surface area contributed by atoms with E-state index in [1.54, 1.807) is 0 Å². The van der Waals surface area contributed by atoms with E-state index in [0.717, 1.165) is 38.2 Å². The van der Waals surface area contributed by atoms with Gasteiger partial charge in [-0.15, -0.1) is 0 Å². The van der Waals surface area contributed by atoms with Gasteiger partial charge < -0.3 is 10.1 Å². The van der Waals surface area contributed by atoms with E-state index in [2.05, 4.69) is 30.0 Å². The van der Waals surface area contributed by atoms with Gasteiger partial charge in [-0.25, -0.2) is 0 Å². The summed E-state index contributed by atoms with van der Waals surface area (Å²) in [6.07, 6.45) is 9.64. The first-order valence-corrected chi connectivity index (χ1v) is 8.12. The summed E-state index contributed by atoms with van der Waals surface area (Å²) >= 11 is 0. The molecule has 2 heterocycles. The van der Waals surface area contributed by atoms with Gasteiger partial charge in [-0.05, 0) is 39.2 Å². The molecule has 3 rings (SSSR count). The van der Waals surface area contributed by atoms with Crippen molar-refractivity contribution >= 4 is 0 Å². The van der Waals surface area contributed by atoms with Crippen molar-refractivity contribution in [3.8, 4) is 0 Å². The third-order valence-electron chi connectivity index (χ3n) is 4.94. The van der Waals surface area contributed by atoms with Crippen molar-refractivity contribution in [1.29, 1.82) is 0 Å². The van der Waals surface area contributed by atoms with Gasteiger partial charge in [-0.3, -0.25) is 4.68 Å². The minimum Gasteiger partial charge on any atom is -0.375 e. The van der Waals surface area contributed by atoms with Gasteiger partial charge in [0.2, 0.25) is 0 Å². The summed E-state index contributed by atoms with van der Waals surface area (Å²) in [5.41, 5.74) is 2.67. The normalized spacial score (nSPS) is 25.4. The van der Waals surface area contributed by atoms with Gasteiger partial charge in [0.25, 0.3) is 0 Å². The molecule has 1 spiro atoms. The molecule has 0 bridgehead atoms. The molecule has 0 amide bonds. The second-order valence-corrected chi connectivity index (χ2v) is 6.39. The molecule has 2 fully saturated rings. The molecule has 1 saturated heterocycles. The SMILES string of the molecule is CCNCc1cn(C2CCOC3(CCCC3)C2)nc1C. The summed E-state index contributed by atoms with van der Waals surface area (Å²) in [6, 6.07) is 0.524. The van der Waals surface area contributed by atoms with Gasteiger partial charge in [-0.2, -0.15) is 5.10 Å². The fourth-order valence-electron chi connectivity index (χ4n) is 3.74. The van der Waals surface area contributed by atoms with Crippen molar-refractivity contribution in [2.45, 2.75) is 70.6 Å². The fraction of sp³-hybridized carbons (Fsp3) is 0.812. The lowest BCUT2D eigenvalue weighted by Crippen LogP contribution is -2.38. The summed E-state index contributed by atoms with van der Waals surface area (Å²) in [5.74, 6) is 0. The van der Waals surface area contributed by atoms with E-state index in [0.29, 0.717) is 6.04 Å². The molecule has 0 aromatic carbocycles. The van der Waals surface area contributed by atoms with Crippen LogP contribution in [0, 0.1) is 6.92 Å². The first kappa shape index (κ1) is 14.1. The number of ether oxygens (including phenoxy) is 1. The molecule has 1 atom stereocenters. The molecule has 4 heteroatoms. The van der Waals surface area contributed by atoms with Crippen LogP contribution >= 0.6 is 0 Å². The maximum atomic E-state index is 6.13. The molecular formula is C16H27N3O. The third kappa shape index (κ3) is 2.77. The highest BCUT2D eigenvalue weighted by Gasteiger charge is 2.40. The number of hydrogen-bond donors (Lipinski definition) is 1. The van der Waals surface area contributed by atoms with E-state index in [9.17, 15) is 0 Å². The average Bonchev–Trinajstić information content (AvgIpc) is 3.04. The topological polar surface area (TPSA) is 39.1 Å². The molecule has 1 unspecified atom stereocenters. The molecule has 1 saturated carbocycles. The van der Waals surface area contributed by atoms with Gasteiger partial charge in [0, 0.05) is 24.9 Å². The van der Waals surface area contributed by atoms with Crippen LogP contribution in [0.4, 0.5) is 0 Å². The van der Waals surface area contributed by atoms with Crippen LogP contribution in [0.1, 0.15) is 62.7 Å². The molecule has 1 N–H and O–H groups in total. The van der Waals surface area contributed by atoms with Crippen molar-refractivity contribution in [3.63, 3.8) is 0 Å². The standard InChI is InChI=1S/C16H27N3O/c1-3-17-11-14-12-19(18-13(14)2)15-6-9-20-16(10-15)7-4-5-8-16/h12,15,17H,3-11H2,1-2H3. The first-order valence-electron chi connectivity index (χ1n) is 8.12. The van der Waals surface area contributed by atoms with Crippen LogP contribution in [0.5, 0.6) is 0 Å². The van der Waals surface area contributed by atoms with Crippen LogP contribution < -0.4 is 5.32 Å². The second kappa shape index (κ2) is 5.86. The van der Waals surface area contributed by atoms with E-state index in [1.807, 2.05) is 0 Å². The maximum absolute atomic E-state index is 6.13. The van der Waals surface area contributed by atoms with Crippen LogP contribution in [0.15, 0.2) is 6.20 Å². The van der Waals surface area contributed by atoms with E-state index < -0.39 is 0 Å². The second-order valence-electron chi connectivity index (χ2n) is 6.39. The Hall–Kier alpha value is -0.870. The van der Waals surface area contributed by atoms with Gasteiger partial charge in [0.1, 0.15) is 0 Å². The van der Waals surface area contributed by atoms with E-state index >= 15 is 0 Å². The maximum Gasteiger partial charge on any atom is 0.0703 e. The average molecular weight is 277 g/mol. The number of rotatable bonds is 4. The van der Waals surface area contributed by atoms with Crippen molar-refractivity contribution in [3.05, 3.63) is 17.5 Å². The molecule has 112 valence electrons. The van der Waals surface area contributed by atoms with Gasteiger partial charge >= 0.3 is 0 Å². The zero-order valence-corrected chi connectivity index (χ0v) is 12.8. The molecular weight excluding hydrogens is 250 g/mol. The lowest BCUT2D eigenvalue weighted by Gasteiger charge is -2.38. The molecule has 4 nitrogen and oxygen atoms in total. The Balaban J connectivity index is 1.72. The Bertz CT molecular complexity index is 449. The van der Waals surface area contributed by atoms with Crippen LogP contribution in [0.25, 0.3) is 0 Å². The number of aromatic nitrogens is 2. The number of aryl methyl sites for hydroxylation is 1. The Kier molecular flexibility index (Phi) is 4.13. The van der Waals surface area contributed by atoms with Crippen molar-refractivity contribution in [2.75, 3.05) is 13.2 Å². The highest BCUT2D eigenvalue weighted by Crippen LogP contribution is 2.43. The molecule has 1 aliphatic heterocycles. The van der Waals surface area contributed by atoms with Crippen LogP contribution in [0.3, 0.4) is 0 Å². The summed E-state index contributed by atoms with van der Waals surface area (Å²) < 4.78 is 8.34. The molecule has 0 radical (unpaired) electrons. The van der Waals surface area contributed by atoms with Crippen molar-refractivity contribution < 1.29 is 4.74 Å². The van der Waals surface area contributed by atoms with Gasteiger partial charge in [0.15, 0.2) is 0 Å². The van der Waals surface area contributed by atoms with E-state index in [4.69, 9.17) is 9.84 Å². The lowest BCUT2D eigenvalue weighted by molar-refractivity contribution is -0.0910.